The average molecular weight is 321 g/mol. The number of amidine groups is 1. The van der Waals surface area contributed by atoms with Gasteiger partial charge in [0.1, 0.15) is 0 Å². The molecule has 9 heteroatoms. The monoisotopic (exact) mass is 321 g/mol. The number of nitrogens with zero attached hydrogens (tertiary/aromatic N) is 1. The van der Waals surface area contributed by atoms with E-state index in [4.69, 9.17) is 15.9 Å². The van der Waals surface area contributed by atoms with Gasteiger partial charge < -0.3 is 10.5 Å². The van der Waals surface area contributed by atoms with Crippen molar-refractivity contribution in [3.63, 3.8) is 0 Å². The molecule has 0 unspecified atom stereocenters. The lowest BCUT2D eigenvalue weighted by Gasteiger charge is -2.21. The van der Waals surface area contributed by atoms with E-state index in [0.717, 1.165) is 16.4 Å². The molecular formula is C12H17F2N3O3S. The number of ether oxygens (including phenoxy) is 1. The summed E-state index contributed by atoms with van der Waals surface area (Å²) in [5, 5.41) is 7.15. The predicted octanol–water partition coefficient (Wildman–Crippen LogP) is 0.928. The van der Waals surface area contributed by atoms with Crippen LogP contribution in [-0.2, 0) is 14.8 Å². The van der Waals surface area contributed by atoms with Crippen molar-refractivity contribution in [2.45, 2.75) is 11.3 Å². The van der Waals surface area contributed by atoms with Crippen LogP contribution in [0.15, 0.2) is 23.1 Å². The number of nitrogens with two attached hydrogens (primary N) is 1. The minimum absolute atomic E-state index is 0.0190. The number of nitrogens with one attached hydrogen (secondary N) is 1. The van der Waals surface area contributed by atoms with Gasteiger partial charge in [0.05, 0.1) is 17.3 Å². The normalized spacial score (nSPS) is 11.8. The zero-order chi connectivity index (χ0) is 16.0. The van der Waals surface area contributed by atoms with Gasteiger partial charge >= 0.3 is 0 Å². The lowest BCUT2D eigenvalue weighted by molar-refractivity contribution is 0.179. The van der Waals surface area contributed by atoms with Crippen LogP contribution in [0, 0.1) is 17.0 Å². The highest BCUT2D eigenvalue weighted by molar-refractivity contribution is 7.89. The second kappa shape index (κ2) is 7.43. The van der Waals surface area contributed by atoms with Gasteiger partial charge in [-0.2, -0.15) is 4.31 Å². The molecule has 0 aliphatic rings. The third-order valence-electron chi connectivity index (χ3n) is 2.70. The average Bonchev–Trinajstić information content (AvgIpc) is 2.41. The summed E-state index contributed by atoms with van der Waals surface area (Å²) in [5.41, 5.74) is 5.22. The van der Waals surface area contributed by atoms with E-state index in [0.29, 0.717) is 6.07 Å². The molecule has 0 aromatic heterocycles. The second-order valence-corrected chi connectivity index (χ2v) is 6.19. The highest BCUT2D eigenvalue weighted by Crippen LogP contribution is 2.18. The maximum atomic E-state index is 13.2. The number of benzene rings is 1. The maximum Gasteiger partial charge on any atom is 0.243 e. The molecule has 1 aromatic carbocycles. The van der Waals surface area contributed by atoms with Gasteiger partial charge in [-0.25, -0.2) is 17.2 Å². The Hall–Kier alpha value is -1.58. The third-order valence-corrected chi connectivity index (χ3v) is 4.60. The van der Waals surface area contributed by atoms with Crippen molar-refractivity contribution in [3.8, 4) is 0 Å². The summed E-state index contributed by atoms with van der Waals surface area (Å²) in [6, 6.07) is 2.36. The Morgan fingerprint density at radius 1 is 1.33 bits per heavy atom. The minimum atomic E-state index is -4.01. The van der Waals surface area contributed by atoms with Crippen LogP contribution in [0.1, 0.15) is 6.42 Å². The van der Waals surface area contributed by atoms with Crippen molar-refractivity contribution in [1.82, 2.24) is 4.31 Å². The van der Waals surface area contributed by atoms with Gasteiger partial charge in [-0.15, -0.1) is 0 Å². The maximum absolute atomic E-state index is 13.2. The molecule has 0 aliphatic carbocycles. The molecule has 0 fully saturated rings. The Morgan fingerprint density at radius 3 is 2.52 bits per heavy atom. The molecule has 0 radical (unpaired) electrons. The molecule has 3 N–H and O–H groups in total. The number of sulfonamides is 1. The summed E-state index contributed by atoms with van der Waals surface area (Å²) in [7, 11) is -2.60. The summed E-state index contributed by atoms with van der Waals surface area (Å²) < 4.78 is 56.7. The van der Waals surface area contributed by atoms with Crippen LogP contribution in [0.25, 0.3) is 0 Å². The van der Waals surface area contributed by atoms with Crippen molar-refractivity contribution >= 4 is 15.9 Å². The van der Waals surface area contributed by atoms with Gasteiger partial charge in [0, 0.05) is 26.6 Å². The van der Waals surface area contributed by atoms with Crippen LogP contribution in [0.3, 0.4) is 0 Å². The van der Waals surface area contributed by atoms with Crippen LogP contribution < -0.4 is 5.73 Å². The molecule has 21 heavy (non-hydrogen) atoms. The number of rotatable bonds is 8. The van der Waals surface area contributed by atoms with E-state index in [2.05, 4.69) is 0 Å². The van der Waals surface area contributed by atoms with Crippen molar-refractivity contribution in [3.05, 3.63) is 29.8 Å². The molecule has 1 aromatic rings. The Labute approximate surface area is 122 Å². The van der Waals surface area contributed by atoms with Gasteiger partial charge in [-0.05, 0) is 18.2 Å². The number of hydrogen-bond donors (Lipinski definition) is 2. The fraction of sp³-hybridized carbons (Fsp3) is 0.417. The molecule has 0 saturated heterocycles. The van der Waals surface area contributed by atoms with Crippen molar-refractivity contribution in [2.24, 2.45) is 5.73 Å². The topological polar surface area (TPSA) is 96.5 Å². The third kappa shape index (κ3) is 4.73. The van der Waals surface area contributed by atoms with Crippen molar-refractivity contribution < 1.29 is 21.9 Å². The molecule has 0 atom stereocenters. The Morgan fingerprint density at radius 2 is 2.00 bits per heavy atom. The van der Waals surface area contributed by atoms with E-state index in [9.17, 15) is 17.2 Å². The molecule has 0 heterocycles. The second-order valence-electron chi connectivity index (χ2n) is 4.25. The Balaban J connectivity index is 3.06. The SMILES string of the molecule is COCCN(CCC(=N)N)S(=O)(=O)c1ccc(F)c(F)c1. The van der Waals surface area contributed by atoms with Gasteiger partial charge in [0.15, 0.2) is 11.6 Å². The summed E-state index contributed by atoms with van der Waals surface area (Å²) in [4.78, 5) is -0.360. The van der Waals surface area contributed by atoms with Crippen LogP contribution in [0.5, 0.6) is 0 Å². The molecule has 0 aliphatic heterocycles. The molecule has 118 valence electrons. The quantitative estimate of drug-likeness (QED) is 0.550. The molecule has 0 amide bonds. The Bertz CT molecular complexity index is 608. The largest absolute Gasteiger partial charge is 0.388 e. The molecular weight excluding hydrogens is 304 g/mol. The Kier molecular flexibility index (Phi) is 6.19. The summed E-state index contributed by atoms with van der Waals surface area (Å²) >= 11 is 0. The van der Waals surface area contributed by atoms with Crippen LogP contribution in [-0.4, -0.2) is 45.4 Å². The zero-order valence-electron chi connectivity index (χ0n) is 11.5. The van der Waals surface area contributed by atoms with Crippen LogP contribution >= 0.6 is 0 Å². The van der Waals surface area contributed by atoms with E-state index in [-0.39, 0.29) is 36.8 Å². The van der Waals surface area contributed by atoms with Gasteiger partial charge in [-0.3, -0.25) is 5.41 Å². The van der Waals surface area contributed by atoms with Gasteiger partial charge in [0.2, 0.25) is 10.0 Å². The lowest BCUT2D eigenvalue weighted by atomic mass is 10.3. The number of methoxy groups -OCH3 is 1. The highest BCUT2D eigenvalue weighted by atomic mass is 32.2. The van der Waals surface area contributed by atoms with E-state index in [1.54, 1.807) is 0 Å². The first-order valence-corrected chi connectivity index (χ1v) is 7.50. The first kappa shape index (κ1) is 17.5. The number of hydrogen-bond acceptors (Lipinski definition) is 4. The first-order chi connectivity index (χ1) is 9.78. The molecule has 0 saturated carbocycles. The fourth-order valence-electron chi connectivity index (χ4n) is 1.58. The summed E-state index contributed by atoms with van der Waals surface area (Å²) in [6.07, 6.45) is 0.0343. The van der Waals surface area contributed by atoms with E-state index >= 15 is 0 Å². The summed E-state index contributed by atoms with van der Waals surface area (Å²) in [6.45, 7) is 0.103. The van der Waals surface area contributed by atoms with E-state index < -0.39 is 21.7 Å². The molecule has 1 rings (SSSR count). The number of halogens is 2. The molecule has 6 nitrogen and oxygen atoms in total. The minimum Gasteiger partial charge on any atom is -0.388 e. The van der Waals surface area contributed by atoms with Gasteiger partial charge in [-0.1, -0.05) is 0 Å². The standard InChI is InChI=1S/C12H17F2N3O3S/c1-20-7-6-17(5-4-12(15)16)21(18,19)9-2-3-10(13)11(14)8-9/h2-3,8H,4-7H2,1H3,(H3,15,16). The predicted molar refractivity (Wildman–Crippen MR) is 73.5 cm³/mol. The van der Waals surface area contributed by atoms with Crippen molar-refractivity contribution in [2.75, 3.05) is 26.8 Å². The first-order valence-electron chi connectivity index (χ1n) is 6.06. The molecule has 0 spiro atoms. The van der Waals surface area contributed by atoms with E-state index in [1.165, 1.54) is 7.11 Å². The van der Waals surface area contributed by atoms with Crippen molar-refractivity contribution in [1.29, 1.82) is 5.41 Å². The van der Waals surface area contributed by atoms with E-state index in [1.807, 2.05) is 0 Å². The molecule has 0 bridgehead atoms. The van der Waals surface area contributed by atoms with Gasteiger partial charge in [0.25, 0.3) is 0 Å². The zero-order valence-corrected chi connectivity index (χ0v) is 12.3. The highest BCUT2D eigenvalue weighted by Gasteiger charge is 2.25. The van der Waals surface area contributed by atoms with Crippen LogP contribution in [0.4, 0.5) is 8.78 Å². The summed E-state index contributed by atoms with van der Waals surface area (Å²) in [5.74, 6) is -2.53. The lowest BCUT2D eigenvalue weighted by Crippen LogP contribution is -2.36. The van der Waals surface area contributed by atoms with Crippen LogP contribution in [0.2, 0.25) is 0 Å². The smallest absolute Gasteiger partial charge is 0.243 e. The fourth-order valence-corrected chi connectivity index (χ4v) is 3.01.